The molecule has 2 rings (SSSR count). The minimum Gasteiger partial charge on any atom is -0.396 e. The molecular formula is C15H25N3O2. The lowest BCUT2D eigenvalue weighted by Gasteiger charge is -2.21. The van der Waals surface area contributed by atoms with Crippen LogP contribution in [-0.2, 0) is 11.3 Å². The summed E-state index contributed by atoms with van der Waals surface area (Å²) in [7, 11) is 1.71. The van der Waals surface area contributed by atoms with Crippen LogP contribution in [0.5, 0.6) is 0 Å². The molecule has 1 fully saturated rings. The largest absolute Gasteiger partial charge is 0.396 e. The molecule has 1 atom stereocenters. The number of methoxy groups -OCH3 is 1. The molecule has 1 aromatic heterocycles. The molecule has 1 saturated heterocycles. The SMILES string of the molecule is COCCNCc1cccnc1N1CCC(CCO)C1. The van der Waals surface area contributed by atoms with E-state index in [9.17, 15) is 0 Å². The van der Waals surface area contributed by atoms with Gasteiger partial charge in [0.05, 0.1) is 6.61 Å². The van der Waals surface area contributed by atoms with Crippen LogP contribution in [-0.4, -0.2) is 50.0 Å². The monoisotopic (exact) mass is 279 g/mol. The fourth-order valence-electron chi connectivity index (χ4n) is 2.69. The number of aliphatic hydroxyl groups excluding tert-OH is 1. The van der Waals surface area contributed by atoms with Gasteiger partial charge >= 0.3 is 0 Å². The van der Waals surface area contributed by atoms with Crippen LogP contribution in [0, 0.1) is 5.92 Å². The van der Waals surface area contributed by atoms with E-state index >= 15 is 0 Å². The predicted molar refractivity (Wildman–Crippen MR) is 79.8 cm³/mol. The average Bonchev–Trinajstić information content (AvgIpc) is 2.93. The number of rotatable bonds is 8. The third-order valence-electron chi connectivity index (χ3n) is 3.79. The molecule has 2 N–H and O–H groups in total. The zero-order valence-corrected chi connectivity index (χ0v) is 12.2. The summed E-state index contributed by atoms with van der Waals surface area (Å²) in [5.74, 6) is 1.68. The quantitative estimate of drug-likeness (QED) is 0.696. The van der Waals surface area contributed by atoms with E-state index in [0.29, 0.717) is 5.92 Å². The minimum absolute atomic E-state index is 0.284. The third-order valence-corrected chi connectivity index (χ3v) is 3.79. The Labute approximate surface area is 121 Å². The molecule has 5 nitrogen and oxygen atoms in total. The Morgan fingerprint density at radius 2 is 2.45 bits per heavy atom. The van der Waals surface area contributed by atoms with Crippen molar-refractivity contribution in [3.63, 3.8) is 0 Å². The van der Waals surface area contributed by atoms with Gasteiger partial charge in [0.2, 0.25) is 0 Å². The van der Waals surface area contributed by atoms with Crippen molar-refractivity contribution >= 4 is 5.82 Å². The minimum atomic E-state index is 0.284. The fourth-order valence-corrected chi connectivity index (χ4v) is 2.69. The highest BCUT2D eigenvalue weighted by Crippen LogP contribution is 2.26. The first kappa shape index (κ1) is 15.2. The van der Waals surface area contributed by atoms with Gasteiger partial charge in [-0.3, -0.25) is 0 Å². The molecule has 0 aliphatic carbocycles. The van der Waals surface area contributed by atoms with Crippen molar-refractivity contribution in [3.8, 4) is 0 Å². The number of ether oxygens (including phenoxy) is 1. The van der Waals surface area contributed by atoms with E-state index in [0.717, 1.165) is 51.4 Å². The van der Waals surface area contributed by atoms with E-state index < -0.39 is 0 Å². The van der Waals surface area contributed by atoms with Crippen molar-refractivity contribution in [1.29, 1.82) is 0 Å². The zero-order valence-electron chi connectivity index (χ0n) is 12.2. The van der Waals surface area contributed by atoms with Crippen LogP contribution in [0.1, 0.15) is 18.4 Å². The third kappa shape index (κ3) is 4.16. The fraction of sp³-hybridized carbons (Fsp3) is 0.667. The number of nitrogens with zero attached hydrogens (tertiary/aromatic N) is 2. The van der Waals surface area contributed by atoms with Crippen LogP contribution < -0.4 is 10.2 Å². The van der Waals surface area contributed by atoms with Crippen LogP contribution in [0.15, 0.2) is 18.3 Å². The highest BCUT2D eigenvalue weighted by molar-refractivity contribution is 5.47. The molecule has 0 saturated carbocycles. The Morgan fingerprint density at radius 3 is 3.25 bits per heavy atom. The van der Waals surface area contributed by atoms with E-state index in [1.807, 2.05) is 12.3 Å². The Balaban J connectivity index is 1.94. The summed E-state index contributed by atoms with van der Waals surface area (Å²) in [5, 5.41) is 12.4. The topological polar surface area (TPSA) is 57.6 Å². The van der Waals surface area contributed by atoms with Crippen molar-refractivity contribution in [3.05, 3.63) is 23.9 Å². The van der Waals surface area contributed by atoms with Gasteiger partial charge in [-0.05, 0) is 24.8 Å². The van der Waals surface area contributed by atoms with Gasteiger partial charge in [-0.1, -0.05) is 6.07 Å². The van der Waals surface area contributed by atoms with Crippen LogP contribution in [0.4, 0.5) is 5.82 Å². The average molecular weight is 279 g/mol. The smallest absolute Gasteiger partial charge is 0.133 e. The van der Waals surface area contributed by atoms with Gasteiger partial charge in [0.15, 0.2) is 0 Å². The normalized spacial score (nSPS) is 18.7. The number of aromatic nitrogens is 1. The Hall–Kier alpha value is -1.17. The summed E-state index contributed by atoms with van der Waals surface area (Å²) >= 11 is 0. The van der Waals surface area contributed by atoms with E-state index in [1.54, 1.807) is 7.11 Å². The molecule has 1 aromatic rings. The highest BCUT2D eigenvalue weighted by atomic mass is 16.5. The maximum atomic E-state index is 9.05. The molecule has 20 heavy (non-hydrogen) atoms. The van der Waals surface area contributed by atoms with Crippen LogP contribution in [0.3, 0.4) is 0 Å². The van der Waals surface area contributed by atoms with Gasteiger partial charge < -0.3 is 20.1 Å². The number of nitrogens with one attached hydrogen (secondary N) is 1. The second-order valence-electron chi connectivity index (χ2n) is 5.27. The zero-order chi connectivity index (χ0) is 14.2. The lowest BCUT2D eigenvalue weighted by molar-refractivity contribution is 0.199. The molecule has 0 bridgehead atoms. The van der Waals surface area contributed by atoms with Crippen LogP contribution in [0.25, 0.3) is 0 Å². The summed E-state index contributed by atoms with van der Waals surface area (Å²) in [6.45, 7) is 4.70. The molecule has 112 valence electrons. The Bertz CT molecular complexity index is 400. The summed E-state index contributed by atoms with van der Waals surface area (Å²) < 4.78 is 5.04. The van der Waals surface area contributed by atoms with Crippen molar-refractivity contribution < 1.29 is 9.84 Å². The number of pyridine rings is 1. The second-order valence-corrected chi connectivity index (χ2v) is 5.27. The number of hydrogen-bond donors (Lipinski definition) is 2. The number of aliphatic hydroxyl groups is 1. The maximum absolute atomic E-state index is 9.05. The van der Waals surface area contributed by atoms with E-state index in [2.05, 4.69) is 21.3 Å². The molecule has 1 unspecified atom stereocenters. The van der Waals surface area contributed by atoms with E-state index in [1.165, 1.54) is 5.56 Å². The second kappa shape index (κ2) is 8.19. The summed E-state index contributed by atoms with van der Waals surface area (Å²) in [4.78, 5) is 6.89. The van der Waals surface area contributed by atoms with Crippen LogP contribution >= 0.6 is 0 Å². The first-order valence-corrected chi connectivity index (χ1v) is 7.34. The maximum Gasteiger partial charge on any atom is 0.133 e. The first-order chi connectivity index (χ1) is 9.85. The van der Waals surface area contributed by atoms with Gasteiger partial charge in [0, 0.05) is 51.7 Å². The van der Waals surface area contributed by atoms with Gasteiger partial charge in [-0.2, -0.15) is 0 Å². The van der Waals surface area contributed by atoms with Crippen molar-refractivity contribution in [2.75, 3.05) is 44.9 Å². The molecule has 0 spiro atoms. The molecular weight excluding hydrogens is 254 g/mol. The molecule has 5 heteroatoms. The van der Waals surface area contributed by atoms with Crippen LogP contribution in [0.2, 0.25) is 0 Å². The Kier molecular flexibility index (Phi) is 6.24. The van der Waals surface area contributed by atoms with Gasteiger partial charge in [-0.25, -0.2) is 4.98 Å². The standard InChI is InChI=1S/C15H25N3O2/c1-20-10-7-16-11-14-3-2-6-17-15(14)18-8-4-13(12-18)5-9-19/h2-3,6,13,16,19H,4-5,7-12H2,1H3. The molecule has 1 aliphatic rings. The van der Waals surface area contributed by atoms with Gasteiger partial charge in [-0.15, -0.1) is 0 Å². The molecule has 0 amide bonds. The molecule has 0 radical (unpaired) electrons. The van der Waals surface area contributed by atoms with E-state index in [4.69, 9.17) is 9.84 Å². The van der Waals surface area contributed by atoms with Gasteiger partial charge in [0.1, 0.15) is 5.82 Å². The van der Waals surface area contributed by atoms with Crippen molar-refractivity contribution in [2.45, 2.75) is 19.4 Å². The van der Waals surface area contributed by atoms with Crippen molar-refractivity contribution in [1.82, 2.24) is 10.3 Å². The Morgan fingerprint density at radius 1 is 1.55 bits per heavy atom. The van der Waals surface area contributed by atoms with Gasteiger partial charge in [0.25, 0.3) is 0 Å². The molecule has 2 heterocycles. The highest BCUT2D eigenvalue weighted by Gasteiger charge is 2.24. The first-order valence-electron chi connectivity index (χ1n) is 7.34. The lowest BCUT2D eigenvalue weighted by atomic mass is 10.1. The molecule has 0 aromatic carbocycles. The van der Waals surface area contributed by atoms with E-state index in [-0.39, 0.29) is 6.61 Å². The number of anilines is 1. The summed E-state index contributed by atoms with van der Waals surface area (Å²) in [5.41, 5.74) is 1.23. The molecule has 1 aliphatic heterocycles. The lowest BCUT2D eigenvalue weighted by Crippen LogP contribution is -2.25. The summed E-state index contributed by atoms with van der Waals surface area (Å²) in [6.07, 6.45) is 3.89. The number of hydrogen-bond acceptors (Lipinski definition) is 5. The predicted octanol–water partition coefficient (Wildman–Crippen LogP) is 1.03. The van der Waals surface area contributed by atoms with Crippen molar-refractivity contribution in [2.24, 2.45) is 5.92 Å². The summed E-state index contributed by atoms with van der Waals surface area (Å²) in [6, 6.07) is 4.11.